The van der Waals surface area contributed by atoms with E-state index < -0.39 is 0 Å². The number of piperidine rings is 1. The third kappa shape index (κ3) is 3.17. The number of aromatic amines is 1. The highest BCUT2D eigenvalue weighted by Gasteiger charge is 2.59. The summed E-state index contributed by atoms with van der Waals surface area (Å²) >= 11 is 0. The third-order valence-electron chi connectivity index (χ3n) is 8.82. The molecule has 4 aliphatic rings. The number of carbonyl (C=O) groups is 2. The van der Waals surface area contributed by atoms with Crippen LogP contribution < -0.4 is 15.4 Å². The summed E-state index contributed by atoms with van der Waals surface area (Å²) in [5, 5.41) is 7.70. The van der Waals surface area contributed by atoms with Gasteiger partial charge in [0.25, 0.3) is 5.91 Å². The van der Waals surface area contributed by atoms with Gasteiger partial charge in [0.15, 0.2) is 0 Å². The molecule has 0 spiro atoms. The molecule has 2 saturated carbocycles. The molecule has 2 amide bonds. The molecule has 3 N–H and O–H groups in total. The van der Waals surface area contributed by atoms with Crippen LogP contribution >= 0.6 is 0 Å². The Morgan fingerprint density at radius 2 is 1.89 bits per heavy atom. The van der Waals surface area contributed by atoms with Crippen LogP contribution in [0, 0.1) is 17.8 Å². The summed E-state index contributed by atoms with van der Waals surface area (Å²) in [4.78, 5) is 32.0. The molecule has 3 heterocycles. The Bertz CT molecular complexity index is 1320. The largest absolute Gasteiger partial charge is 0.496 e. The van der Waals surface area contributed by atoms with Gasteiger partial charge >= 0.3 is 0 Å². The van der Waals surface area contributed by atoms with E-state index in [0.717, 1.165) is 36.8 Å². The summed E-state index contributed by atoms with van der Waals surface area (Å²) in [6.45, 7) is 1.48. The van der Waals surface area contributed by atoms with Crippen molar-refractivity contribution in [2.24, 2.45) is 17.8 Å². The second-order valence-electron chi connectivity index (χ2n) is 10.6. The van der Waals surface area contributed by atoms with Crippen LogP contribution in [-0.4, -0.2) is 54.0 Å². The number of likely N-dealkylation sites (tertiary alicyclic amines) is 1. The number of carbonyl (C=O) groups excluding carboxylic acids is 2. The van der Waals surface area contributed by atoms with Gasteiger partial charge in [0.05, 0.1) is 24.0 Å². The molecule has 1 saturated heterocycles. The zero-order valence-electron chi connectivity index (χ0n) is 19.8. The van der Waals surface area contributed by atoms with E-state index in [-0.39, 0.29) is 23.9 Å². The quantitative estimate of drug-likeness (QED) is 0.542. The summed E-state index contributed by atoms with van der Waals surface area (Å²) < 4.78 is 5.47. The van der Waals surface area contributed by atoms with Gasteiger partial charge in [-0.2, -0.15) is 0 Å². The molecule has 2 aliphatic carbocycles. The Kier molecular flexibility index (Phi) is 4.63. The summed E-state index contributed by atoms with van der Waals surface area (Å²) in [5.74, 6) is 1.92. The average molecular weight is 471 g/mol. The Balaban J connectivity index is 1.03. The van der Waals surface area contributed by atoms with Crippen LogP contribution in [0.1, 0.15) is 41.1 Å². The van der Waals surface area contributed by atoms with Crippen molar-refractivity contribution in [2.75, 3.05) is 25.5 Å². The number of benzene rings is 2. The van der Waals surface area contributed by atoms with E-state index in [1.807, 2.05) is 18.2 Å². The van der Waals surface area contributed by atoms with Crippen molar-refractivity contribution >= 4 is 28.4 Å². The molecule has 6 atom stereocenters. The van der Waals surface area contributed by atoms with Crippen molar-refractivity contribution in [3.8, 4) is 5.75 Å². The van der Waals surface area contributed by atoms with Crippen molar-refractivity contribution in [1.29, 1.82) is 0 Å². The van der Waals surface area contributed by atoms with Crippen LogP contribution in [0.5, 0.6) is 5.75 Å². The predicted octanol–water partition coefficient (Wildman–Crippen LogP) is 3.74. The molecular formula is C28H30N4O3. The Morgan fingerprint density at radius 3 is 2.71 bits per heavy atom. The van der Waals surface area contributed by atoms with Gasteiger partial charge in [0, 0.05) is 54.4 Å². The zero-order chi connectivity index (χ0) is 23.7. The average Bonchev–Trinajstić information content (AvgIpc) is 3.22. The molecule has 35 heavy (non-hydrogen) atoms. The summed E-state index contributed by atoms with van der Waals surface area (Å²) in [6.07, 6.45) is 5.05. The fourth-order valence-corrected chi connectivity index (χ4v) is 7.06. The van der Waals surface area contributed by atoms with Gasteiger partial charge in [-0.3, -0.25) is 9.59 Å². The van der Waals surface area contributed by atoms with Gasteiger partial charge in [-0.15, -0.1) is 0 Å². The second kappa shape index (κ2) is 7.77. The molecule has 180 valence electrons. The van der Waals surface area contributed by atoms with Crippen LogP contribution in [-0.2, 0) is 4.79 Å². The lowest BCUT2D eigenvalue weighted by Crippen LogP contribution is -2.51. The number of rotatable bonds is 4. The minimum absolute atomic E-state index is 0.0166. The maximum Gasteiger partial charge on any atom is 0.253 e. The minimum atomic E-state index is -0.0827. The molecule has 7 heteroatoms. The van der Waals surface area contributed by atoms with Gasteiger partial charge in [0.1, 0.15) is 5.75 Å². The number of nitrogens with one attached hydrogen (secondary N) is 3. The Hall–Kier alpha value is -3.48. The lowest BCUT2D eigenvalue weighted by molar-refractivity contribution is -0.137. The lowest BCUT2D eigenvalue weighted by Gasteiger charge is -2.45. The smallest absolute Gasteiger partial charge is 0.253 e. The fraction of sp³-hybridized carbons (Fsp3) is 0.429. The first-order chi connectivity index (χ1) is 17.1. The molecule has 1 aromatic heterocycles. The molecule has 3 aromatic rings. The number of fused-ring (bicyclic) bond motifs is 6. The molecule has 3 fully saturated rings. The van der Waals surface area contributed by atoms with Crippen LogP contribution in [0.25, 0.3) is 10.9 Å². The number of methoxy groups -OCH3 is 1. The monoisotopic (exact) mass is 470 g/mol. The van der Waals surface area contributed by atoms with Crippen molar-refractivity contribution < 1.29 is 14.3 Å². The van der Waals surface area contributed by atoms with E-state index in [1.54, 1.807) is 13.3 Å². The molecule has 0 radical (unpaired) electrons. The number of hydrogen-bond donors (Lipinski definition) is 3. The molecular weight excluding hydrogens is 440 g/mol. The maximum atomic E-state index is 13.7. The van der Waals surface area contributed by atoms with Gasteiger partial charge in [-0.25, -0.2) is 0 Å². The summed E-state index contributed by atoms with van der Waals surface area (Å²) in [7, 11) is 1.62. The standard InChI is InChI=1S/C28H30N4O3/c1-35-23-11-5-9-21-24(23)17(12-29-21)27(33)31-26-18-13-32(14-19(18)26)28(34)25-16-7-4-10-22(25)30-20-8-3-2-6-15(16)20/h2-3,5-6,8-9,11-12,16,18-19,22,25-26,29-30H,4,7,10,13-14H2,1H3,(H,31,33)/t16-,18-,19+,22+,25?,26?/m1/s1. The van der Waals surface area contributed by atoms with Gasteiger partial charge < -0.3 is 25.3 Å². The number of aromatic nitrogens is 1. The van der Waals surface area contributed by atoms with Crippen molar-refractivity contribution in [3.05, 3.63) is 59.8 Å². The Morgan fingerprint density at radius 1 is 1.06 bits per heavy atom. The third-order valence-corrected chi connectivity index (χ3v) is 8.82. The first-order valence-electron chi connectivity index (χ1n) is 12.7. The fourth-order valence-electron chi connectivity index (χ4n) is 7.06. The second-order valence-corrected chi connectivity index (χ2v) is 10.6. The van der Waals surface area contributed by atoms with E-state index in [4.69, 9.17) is 4.74 Å². The normalized spacial score (nSPS) is 30.3. The SMILES string of the molecule is COc1cccc2[nH]cc(C(=O)NC3[C@H]4CN(C(=O)C5[C@@H]6CCC[C@@H]5c5ccccc5N6)C[C@@H]34)c12. The van der Waals surface area contributed by atoms with E-state index in [2.05, 4.69) is 44.8 Å². The topological polar surface area (TPSA) is 86.5 Å². The predicted molar refractivity (Wildman–Crippen MR) is 134 cm³/mol. The number of ether oxygens (including phenoxy) is 1. The summed E-state index contributed by atoms with van der Waals surface area (Å²) in [6, 6.07) is 14.6. The highest BCUT2D eigenvalue weighted by Crippen LogP contribution is 2.50. The van der Waals surface area contributed by atoms with E-state index in [9.17, 15) is 9.59 Å². The summed E-state index contributed by atoms with van der Waals surface area (Å²) in [5.41, 5.74) is 3.99. The van der Waals surface area contributed by atoms with E-state index in [1.165, 1.54) is 17.7 Å². The van der Waals surface area contributed by atoms with Gasteiger partial charge in [0.2, 0.25) is 5.91 Å². The van der Waals surface area contributed by atoms with Gasteiger partial charge in [-0.1, -0.05) is 30.7 Å². The molecule has 7 rings (SSSR count). The number of H-pyrrole nitrogens is 1. The zero-order valence-corrected chi connectivity index (χ0v) is 19.8. The van der Waals surface area contributed by atoms with Crippen LogP contribution in [0.2, 0.25) is 0 Å². The van der Waals surface area contributed by atoms with Crippen molar-refractivity contribution in [1.82, 2.24) is 15.2 Å². The maximum absolute atomic E-state index is 13.7. The van der Waals surface area contributed by atoms with Crippen molar-refractivity contribution in [3.63, 3.8) is 0 Å². The highest BCUT2D eigenvalue weighted by molar-refractivity contribution is 6.09. The number of hydrogen-bond acceptors (Lipinski definition) is 4. The van der Waals surface area contributed by atoms with Gasteiger partial charge in [-0.05, 0) is 42.5 Å². The minimum Gasteiger partial charge on any atom is -0.496 e. The highest BCUT2D eigenvalue weighted by atomic mass is 16.5. The molecule has 2 aromatic carbocycles. The lowest BCUT2D eigenvalue weighted by atomic mass is 9.69. The Labute approximate surface area is 204 Å². The van der Waals surface area contributed by atoms with Crippen LogP contribution in [0.4, 0.5) is 5.69 Å². The van der Waals surface area contributed by atoms with Crippen LogP contribution in [0.15, 0.2) is 48.7 Å². The number of para-hydroxylation sites is 1. The van der Waals surface area contributed by atoms with E-state index >= 15 is 0 Å². The molecule has 7 nitrogen and oxygen atoms in total. The number of anilines is 1. The first kappa shape index (κ1) is 20.9. The first-order valence-corrected chi connectivity index (χ1v) is 12.7. The molecule has 2 unspecified atom stereocenters. The van der Waals surface area contributed by atoms with Crippen LogP contribution in [0.3, 0.4) is 0 Å². The molecule has 2 bridgehead atoms. The van der Waals surface area contributed by atoms with Crippen molar-refractivity contribution in [2.45, 2.75) is 37.3 Å². The number of amides is 2. The van der Waals surface area contributed by atoms with E-state index in [0.29, 0.717) is 35.0 Å². The number of nitrogens with zero attached hydrogens (tertiary/aromatic N) is 1. The molecule has 2 aliphatic heterocycles.